The zero-order valence-corrected chi connectivity index (χ0v) is 14.9. The van der Waals surface area contributed by atoms with Crippen LogP contribution in [0.2, 0.25) is 0 Å². The molecule has 2 N–H and O–H groups in total. The Kier molecular flexibility index (Phi) is 5.23. The summed E-state index contributed by atoms with van der Waals surface area (Å²) in [5.41, 5.74) is 4.54. The third-order valence-electron chi connectivity index (χ3n) is 4.80. The molecule has 2 aliphatic rings. The molecule has 2 aliphatic carbocycles. The van der Waals surface area contributed by atoms with E-state index in [0.717, 1.165) is 30.7 Å². The Labute approximate surface area is 144 Å². The molecule has 0 spiro atoms. The zero-order chi connectivity index (χ0) is 17.0. The largest absolute Gasteiger partial charge is 0.348 e. The van der Waals surface area contributed by atoms with Crippen LogP contribution in [0.5, 0.6) is 0 Å². The van der Waals surface area contributed by atoms with E-state index in [9.17, 15) is 8.42 Å². The molecule has 1 aromatic rings. The molecule has 24 heavy (non-hydrogen) atoms. The van der Waals surface area contributed by atoms with Crippen molar-refractivity contribution in [1.29, 1.82) is 0 Å². The maximum Gasteiger partial charge on any atom is 0.232 e. The molecule has 1 atom stereocenters. The third-order valence-corrected chi connectivity index (χ3v) is 6.11. The number of aromatic amines is 1. The predicted molar refractivity (Wildman–Crippen MR) is 95.7 cm³/mol. The fourth-order valence-corrected chi connectivity index (χ4v) is 4.19. The van der Waals surface area contributed by atoms with Crippen LogP contribution in [0.25, 0.3) is 0 Å². The number of nitrogens with zero attached hydrogens (tertiary/aromatic N) is 1. The van der Waals surface area contributed by atoms with Crippen LogP contribution in [-0.2, 0) is 16.4 Å². The fourth-order valence-electron chi connectivity index (χ4n) is 3.48. The normalized spacial score (nSPS) is 21.7. The van der Waals surface area contributed by atoms with Gasteiger partial charge in [0.1, 0.15) is 0 Å². The Morgan fingerprint density at radius 1 is 1.29 bits per heavy atom. The Morgan fingerprint density at radius 2 is 2.08 bits per heavy atom. The molecule has 6 heteroatoms. The van der Waals surface area contributed by atoms with E-state index >= 15 is 0 Å². The maximum absolute atomic E-state index is 12.1. The van der Waals surface area contributed by atoms with E-state index < -0.39 is 10.0 Å². The van der Waals surface area contributed by atoms with Gasteiger partial charge in [-0.3, -0.25) is 4.72 Å². The van der Waals surface area contributed by atoms with E-state index in [1.807, 2.05) is 18.3 Å². The highest BCUT2D eigenvalue weighted by atomic mass is 32.2. The van der Waals surface area contributed by atoms with Gasteiger partial charge in [-0.2, -0.15) is 0 Å². The van der Waals surface area contributed by atoms with Gasteiger partial charge in [0.2, 0.25) is 10.0 Å². The Bertz CT molecular complexity index is 750. The van der Waals surface area contributed by atoms with Crippen LogP contribution in [0.15, 0.2) is 47.6 Å². The average molecular weight is 347 g/mol. The van der Waals surface area contributed by atoms with E-state index in [0.29, 0.717) is 0 Å². The molecule has 0 amide bonds. The average Bonchev–Trinajstić information content (AvgIpc) is 3.10. The van der Waals surface area contributed by atoms with Crippen molar-refractivity contribution in [3.05, 3.63) is 53.3 Å². The van der Waals surface area contributed by atoms with Crippen molar-refractivity contribution < 1.29 is 8.42 Å². The second-order valence-electron chi connectivity index (χ2n) is 6.44. The molecule has 0 aliphatic heterocycles. The summed E-state index contributed by atoms with van der Waals surface area (Å²) in [6.45, 7) is 1.66. The minimum atomic E-state index is -3.29. The van der Waals surface area contributed by atoms with Crippen LogP contribution in [0.1, 0.15) is 44.7 Å². The summed E-state index contributed by atoms with van der Waals surface area (Å²) in [6, 6.07) is 0. The van der Waals surface area contributed by atoms with Crippen LogP contribution < -0.4 is 4.72 Å². The number of imidazole rings is 1. The van der Waals surface area contributed by atoms with Crippen molar-refractivity contribution in [3.8, 4) is 0 Å². The number of sulfonamides is 1. The summed E-state index contributed by atoms with van der Waals surface area (Å²) >= 11 is 0. The highest BCUT2D eigenvalue weighted by Gasteiger charge is 2.26. The fraction of sp³-hybridized carbons (Fsp3) is 0.500. The first-order valence-corrected chi connectivity index (χ1v) is 10.3. The topological polar surface area (TPSA) is 74.8 Å². The number of nitrogens with one attached hydrogen (secondary N) is 2. The number of rotatable bonds is 5. The Hall–Kier alpha value is -1.82. The van der Waals surface area contributed by atoms with Crippen molar-refractivity contribution >= 4 is 10.0 Å². The molecule has 1 fully saturated rings. The molecule has 0 saturated heterocycles. The lowest BCUT2D eigenvalue weighted by Gasteiger charge is -2.29. The first kappa shape index (κ1) is 17.0. The van der Waals surface area contributed by atoms with Gasteiger partial charge in [0.25, 0.3) is 0 Å². The van der Waals surface area contributed by atoms with Gasteiger partial charge < -0.3 is 4.98 Å². The lowest BCUT2D eigenvalue weighted by atomic mass is 9.80. The van der Waals surface area contributed by atoms with Gasteiger partial charge >= 0.3 is 0 Å². The Balaban J connectivity index is 1.94. The molecule has 1 saturated carbocycles. The van der Waals surface area contributed by atoms with Crippen LogP contribution in [0, 0.1) is 5.92 Å². The van der Waals surface area contributed by atoms with Gasteiger partial charge in [0.05, 0.1) is 12.1 Å². The Morgan fingerprint density at radius 3 is 2.75 bits per heavy atom. The number of hydrogen-bond donors (Lipinski definition) is 2. The SMILES string of the molecule is CCS(=O)(=O)NC1=CC=CC(=C2CCCCC2)C1Cc1cnc[nH]1. The summed E-state index contributed by atoms with van der Waals surface area (Å²) in [7, 11) is -3.29. The molecular formula is C18H25N3O2S. The quantitative estimate of drug-likeness (QED) is 0.859. The van der Waals surface area contributed by atoms with E-state index in [4.69, 9.17) is 0 Å². The summed E-state index contributed by atoms with van der Waals surface area (Å²) in [5.74, 6) is 0.112. The smallest absolute Gasteiger partial charge is 0.232 e. The van der Waals surface area contributed by atoms with Gasteiger partial charge in [0, 0.05) is 29.9 Å². The van der Waals surface area contributed by atoms with Gasteiger partial charge in [-0.25, -0.2) is 13.4 Å². The molecule has 3 rings (SSSR count). The van der Waals surface area contributed by atoms with Gasteiger partial charge in [-0.05, 0) is 44.3 Å². The minimum absolute atomic E-state index is 0.0323. The molecule has 1 heterocycles. The molecular weight excluding hydrogens is 322 g/mol. The van der Waals surface area contributed by atoms with Crippen molar-refractivity contribution in [2.75, 3.05) is 5.75 Å². The molecule has 0 aromatic carbocycles. The van der Waals surface area contributed by atoms with Crippen LogP contribution in [0.3, 0.4) is 0 Å². The van der Waals surface area contributed by atoms with Gasteiger partial charge in [-0.15, -0.1) is 0 Å². The van der Waals surface area contributed by atoms with Crippen molar-refractivity contribution in [1.82, 2.24) is 14.7 Å². The first-order chi connectivity index (χ1) is 11.6. The van der Waals surface area contributed by atoms with E-state index in [-0.39, 0.29) is 11.7 Å². The third kappa shape index (κ3) is 3.98. The molecule has 0 bridgehead atoms. The monoisotopic (exact) mass is 347 g/mol. The van der Waals surface area contributed by atoms with Crippen LogP contribution >= 0.6 is 0 Å². The van der Waals surface area contributed by atoms with Crippen LogP contribution in [0.4, 0.5) is 0 Å². The second-order valence-corrected chi connectivity index (χ2v) is 8.45. The summed E-state index contributed by atoms with van der Waals surface area (Å²) < 4.78 is 27.0. The maximum atomic E-state index is 12.1. The standard InChI is InChI=1S/C18H25N3O2S/c1-2-24(22,23)21-18-10-6-9-16(14-7-4-3-5-8-14)17(18)11-15-12-19-13-20-15/h6,9-10,12-13,17,21H,2-5,7-8,11H2,1H3,(H,19,20). The lowest BCUT2D eigenvalue weighted by Crippen LogP contribution is -2.31. The zero-order valence-electron chi connectivity index (χ0n) is 14.1. The van der Waals surface area contributed by atoms with E-state index in [1.54, 1.807) is 13.3 Å². The highest BCUT2D eigenvalue weighted by Crippen LogP contribution is 2.35. The highest BCUT2D eigenvalue weighted by molar-refractivity contribution is 7.89. The van der Waals surface area contributed by atoms with E-state index in [1.165, 1.54) is 30.4 Å². The number of allylic oxidation sites excluding steroid dienone is 5. The molecule has 1 unspecified atom stereocenters. The second kappa shape index (κ2) is 7.38. The van der Waals surface area contributed by atoms with Crippen LogP contribution in [-0.4, -0.2) is 24.1 Å². The molecule has 1 aromatic heterocycles. The first-order valence-electron chi connectivity index (χ1n) is 8.67. The predicted octanol–water partition coefficient (Wildman–Crippen LogP) is 3.22. The minimum Gasteiger partial charge on any atom is -0.348 e. The summed E-state index contributed by atoms with van der Waals surface area (Å²) in [4.78, 5) is 7.24. The van der Waals surface area contributed by atoms with Crippen molar-refractivity contribution in [3.63, 3.8) is 0 Å². The van der Waals surface area contributed by atoms with Gasteiger partial charge in [0.15, 0.2) is 0 Å². The molecule has 5 nitrogen and oxygen atoms in total. The number of H-pyrrole nitrogens is 1. The molecule has 130 valence electrons. The van der Waals surface area contributed by atoms with Gasteiger partial charge in [-0.1, -0.05) is 24.1 Å². The van der Waals surface area contributed by atoms with Crippen molar-refractivity contribution in [2.24, 2.45) is 5.92 Å². The van der Waals surface area contributed by atoms with Crippen molar-refractivity contribution in [2.45, 2.75) is 45.4 Å². The summed E-state index contributed by atoms with van der Waals surface area (Å²) in [5, 5.41) is 0. The number of aromatic nitrogens is 2. The lowest BCUT2D eigenvalue weighted by molar-refractivity contribution is 0.565. The molecule has 0 radical (unpaired) electrons. The summed E-state index contributed by atoms with van der Waals surface area (Å²) in [6.07, 6.45) is 16.2. The van der Waals surface area contributed by atoms with E-state index in [2.05, 4.69) is 20.8 Å². The number of hydrogen-bond acceptors (Lipinski definition) is 3.